The lowest BCUT2D eigenvalue weighted by Gasteiger charge is -2.13. The van der Waals surface area contributed by atoms with Crippen LogP contribution >= 0.6 is 11.3 Å². The minimum atomic E-state index is -0.843. The van der Waals surface area contributed by atoms with Crippen LogP contribution < -0.4 is 21.3 Å². The van der Waals surface area contributed by atoms with Crippen LogP contribution in [-0.4, -0.2) is 22.2 Å². The summed E-state index contributed by atoms with van der Waals surface area (Å²) in [4.78, 5) is 38.6. The van der Waals surface area contributed by atoms with E-state index in [1.54, 1.807) is 35.7 Å². The summed E-state index contributed by atoms with van der Waals surface area (Å²) in [6, 6.07) is 11.1. The van der Waals surface area contributed by atoms with Crippen molar-refractivity contribution in [2.75, 3.05) is 12.4 Å². The molecule has 0 fully saturated rings. The minimum absolute atomic E-state index is 0.0145. The molecule has 4 rings (SSSR count). The smallest absolute Gasteiger partial charge is 0.332 e. The minimum Gasteiger partial charge on any atom is -0.497 e. The highest BCUT2D eigenvalue weighted by molar-refractivity contribution is 7.17. The van der Waals surface area contributed by atoms with E-state index in [1.807, 2.05) is 0 Å². The quantitative estimate of drug-likeness (QED) is 0.482. The highest BCUT2D eigenvalue weighted by Crippen LogP contribution is 2.18. The van der Waals surface area contributed by atoms with Crippen LogP contribution in [0.1, 0.15) is 5.56 Å². The van der Waals surface area contributed by atoms with Crippen molar-refractivity contribution < 1.29 is 18.3 Å². The molecule has 0 aliphatic heterocycles. The van der Waals surface area contributed by atoms with Gasteiger partial charge in [0, 0.05) is 11.8 Å². The second-order valence-electron chi connectivity index (χ2n) is 6.95. The summed E-state index contributed by atoms with van der Waals surface area (Å²) in [5, 5.41) is 4.03. The number of halogens is 2. The van der Waals surface area contributed by atoms with Crippen molar-refractivity contribution in [1.29, 1.82) is 0 Å². The zero-order valence-corrected chi connectivity index (χ0v) is 17.6. The van der Waals surface area contributed by atoms with Gasteiger partial charge in [0.15, 0.2) is 0 Å². The van der Waals surface area contributed by atoms with E-state index in [0.29, 0.717) is 27.6 Å². The number of hydrogen-bond acceptors (Lipinski definition) is 5. The van der Waals surface area contributed by atoms with Crippen LogP contribution in [0.3, 0.4) is 0 Å². The predicted octanol–water partition coefficient (Wildman–Crippen LogP) is 3.20. The molecule has 2 aromatic heterocycles. The second-order valence-corrected chi connectivity index (χ2v) is 7.87. The lowest BCUT2D eigenvalue weighted by molar-refractivity contribution is -0.116. The maximum Gasteiger partial charge on any atom is 0.332 e. The monoisotopic (exact) mass is 457 g/mol. The van der Waals surface area contributed by atoms with Crippen LogP contribution in [0.2, 0.25) is 0 Å². The van der Waals surface area contributed by atoms with Crippen molar-refractivity contribution in [2.24, 2.45) is 0 Å². The first-order valence-electron chi connectivity index (χ1n) is 9.45. The zero-order chi connectivity index (χ0) is 22.8. The molecule has 0 atom stereocenters. The normalized spacial score (nSPS) is 11.0. The van der Waals surface area contributed by atoms with Crippen LogP contribution in [0.4, 0.5) is 14.5 Å². The Bertz CT molecular complexity index is 1420. The third-order valence-electron chi connectivity index (χ3n) is 4.76. The molecule has 0 saturated carbocycles. The van der Waals surface area contributed by atoms with Gasteiger partial charge in [-0.1, -0.05) is 12.1 Å². The Labute approximate surface area is 184 Å². The number of ether oxygens (including phenoxy) is 1. The third kappa shape index (κ3) is 4.30. The van der Waals surface area contributed by atoms with Gasteiger partial charge in [0.05, 0.1) is 19.2 Å². The summed E-state index contributed by atoms with van der Waals surface area (Å²) < 4.78 is 34.5. The first-order valence-corrected chi connectivity index (χ1v) is 10.3. The summed E-state index contributed by atoms with van der Waals surface area (Å²) in [6.45, 7) is -0.456. The number of rotatable bonds is 6. The van der Waals surface area contributed by atoms with Crippen LogP contribution in [-0.2, 0) is 17.9 Å². The van der Waals surface area contributed by atoms with Gasteiger partial charge in [-0.05, 0) is 41.3 Å². The summed E-state index contributed by atoms with van der Waals surface area (Å²) in [5.41, 5.74) is -0.235. The second kappa shape index (κ2) is 8.75. The van der Waals surface area contributed by atoms with E-state index in [0.717, 1.165) is 28.0 Å². The molecule has 1 N–H and O–H groups in total. The largest absolute Gasteiger partial charge is 0.497 e. The maximum atomic E-state index is 13.4. The Kier molecular flexibility index (Phi) is 5.87. The Morgan fingerprint density at radius 3 is 2.53 bits per heavy atom. The Morgan fingerprint density at radius 2 is 1.81 bits per heavy atom. The third-order valence-corrected chi connectivity index (χ3v) is 5.65. The molecule has 0 bridgehead atoms. The molecule has 0 saturated heterocycles. The van der Waals surface area contributed by atoms with Gasteiger partial charge in [-0.3, -0.25) is 18.7 Å². The summed E-state index contributed by atoms with van der Waals surface area (Å²) in [5.74, 6) is -1.78. The number of nitrogens with one attached hydrogen (secondary N) is 1. The first-order chi connectivity index (χ1) is 15.4. The molecule has 0 spiro atoms. The van der Waals surface area contributed by atoms with Gasteiger partial charge >= 0.3 is 5.69 Å². The van der Waals surface area contributed by atoms with Gasteiger partial charge in [0.25, 0.3) is 5.56 Å². The summed E-state index contributed by atoms with van der Waals surface area (Å²) >= 11 is 1.16. The predicted molar refractivity (Wildman–Crippen MR) is 117 cm³/mol. The highest BCUT2D eigenvalue weighted by Gasteiger charge is 2.17. The Morgan fingerprint density at radius 1 is 1.06 bits per heavy atom. The number of carbonyl (C=O) groups is 1. The van der Waals surface area contributed by atoms with Crippen LogP contribution in [0.5, 0.6) is 5.75 Å². The fourth-order valence-electron chi connectivity index (χ4n) is 3.35. The molecule has 0 aliphatic rings. The van der Waals surface area contributed by atoms with E-state index in [9.17, 15) is 23.2 Å². The Balaban J connectivity index is 1.71. The number of anilines is 1. The molecule has 7 nitrogen and oxygen atoms in total. The van der Waals surface area contributed by atoms with E-state index in [4.69, 9.17) is 4.74 Å². The van der Waals surface area contributed by atoms with E-state index < -0.39 is 35.3 Å². The van der Waals surface area contributed by atoms with Crippen molar-refractivity contribution in [3.63, 3.8) is 0 Å². The number of nitrogens with zero attached hydrogens (tertiary/aromatic N) is 2. The molecule has 10 heteroatoms. The fraction of sp³-hybridized carbons (Fsp3) is 0.136. The summed E-state index contributed by atoms with van der Waals surface area (Å²) in [7, 11) is 1.51. The van der Waals surface area contributed by atoms with Crippen molar-refractivity contribution in [3.05, 3.63) is 91.9 Å². The van der Waals surface area contributed by atoms with Crippen molar-refractivity contribution >= 4 is 33.1 Å². The number of thiophene rings is 1. The average Bonchev–Trinajstić information content (AvgIpc) is 3.23. The molecular formula is C22H17F2N3O4S. The number of aromatic nitrogens is 2. The molecule has 2 aromatic carbocycles. The fourth-order valence-corrected chi connectivity index (χ4v) is 4.19. The van der Waals surface area contributed by atoms with Crippen molar-refractivity contribution in [1.82, 2.24) is 9.13 Å². The first kappa shape index (κ1) is 21.4. The Hall–Kier alpha value is -3.79. The number of hydrogen-bond donors (Lipinski definition) is 1. The standard InChI is InChI=1S/C22H17F2N3O4S/c1-31-17-4-2-3-13(7-17)11-27-21(29)20-18(5-6-32-20)26(22(27)30)12-19(28)25-16-9-14(23)8-15(24)10-16/h2-10H,11-12H2,1H3,(H,25,28). The molecule has 0 aliphatic carbocycles. The van der Waals surface area contributed by atoms with Gasteiger partial charge in [-0.25, -0.2) is 13.6 Å². The molecule has 1 amide bonds. The van der Waals surface area contributed by atoms with E-state index >= 15 is 0 Å². The molecular weight excluding hydrogens is 440 g/mol. The van der Waals surface area contributed by atoms with E-state index in [2.05, 4.69) is 5.32 Å². The number of amides is 1. The molecule has 4 aromatic rings. The summed E-state index contributed by atoms with van der Waals surface area (Å²) in [6.07, 6.45) is 0. The lowest BCUT2D eigenvalue weighted by Crippen LogP contribution is -2.41. The maximum absolute atomic E-state index is 13.4. The van der Waals surface area contributed by atoms with E-state index in [1.165, 1.54) is 11.7 Å². The van der Waals surface area contributed by atoms with E-state index in [-0.39, 0.29) is 12.2 Å². The van der Waals surface area contributed by atoms with Gasteiger partial charge in [-0.15, -0.1) is 11.3 Å². The lowest BCUT2D eigenvalue weighted by atomic mass is 10.2. The van der Waals surface area contributed by atoms with Gasteiger partial charge < -0.3 is 10.1 Å². The van der Waals surface area contributed by atoms with Crippen molar-refractivity contribution in [3.8, 4) is 5.75 Å². The number of carbonyl (C=O) groups excluding carboxylic acids is 1. The van der Waals surface area contributed by atoms with Crippen LogP contribution in [0, 0.1) is 11.6 Å². The molecule has 2 heterocycles. The number of methoxy groups -OCH3 is 1. The molecule has 0 unspecified atom stereocenters. The molecule has 0 radical (unpaired) electrons. The molecule has 32 heavy (non-hydrogen) atoms. The van der Waals surface area contributed by atoms with Gasteiger partial charge in [0.2, 0.25) is 5.91 Å². The molecule has 164 valence electrons. The number of fused-ring (bicyclic) bond motifs is 1. The average molecular weight is 457 g/mol. The van der Waals surface area contributed by atoms with Gasteiger partial charge in [-0.2, -0.15) is 0 Å². The topological polar surface area (TPSA) is 82.3 Å². The zero-order valence-electron chi connectivity index (χ0n) is 16.8. The van der Waals surface area contributed by atoms with Crippen LogP contribution in [0.15, 0.2) is 63.5 Å². The van der Waals surface area contributed by atoms with Crippen molar-refractivity contribution in [2.45, 2.75) is 13.1 Å². The van der Waals surface area contributed by atoms with Gasteiger partial charge in [0.1, 0.15) is 28.6 Å². The van der Waals surface area contributed by atoms with Crippen LogP contribution in [0.25, 0.3) is 10.2 Å². The number of benzene rings is 2. The SMILES string of the molecule is COc1cccc(Cn2c(=O)c3sccc3n(CC(=O)Nc3cc(F)cc(F)c3)c2=O)c1. The highest BCUT2D eigenvalue weighted by atomic mass is 32.1.